The summed E-state index contributed by atoms with van der Waals surface area (Å²) in [5, 5.41) is 0. The molecular weight excluding hydrogens is 304 g/mol. The predicted molar refractivity (Wildman–Crippen MR) is 80.4 cm³/mol. The molecule has 1 heterocycles. The van der Waals surface area contributed by atoms with Crippen molar-refractivity contribution >= 4 is 17.7 Å². The molecule has 0 aliphatic carbocycles. The van der Waals surface area contributed by atoms with Crippen molar-refractivity contribution in [2.75, 3.05) is 13.9 Å². The van der Waals surface area contributed by atoms with Crippen LogP contribution in [0.15, 0.2) is 24.3 Å². The predicted octanol–water partition coefficient (Wildman–Crippen LogP) is 1.31. The maximum atomic E-state index is 11.7. The van der Waals surface area contributed by atoms with Gasteiger partial charge in [0.2, 0.25) is 0 Å². The summed E-state index contributed by atoms with van der Waals surface area (Å²) in [6.45, 7) is 3.24. The number of hydrogen-bond acceptors (Lipinski definition) is 7. The lowest BCUT2D eigenvalue weighted by molar-refractivity contribution is -0.147. The Morgan fingerprint density at radius 3 is 2.43 bits per heavy atom. The number of esters is 2. The third-order valence-electron chi connectivity index (χ3n) is 3.10. The van der Waals surface area contributed by atoms with Crippen LogP contribution in [-0.4, -0.2) is 49.9 Å². The molecule has 0 bridgehead atoms. The monoisotopic (exact) mass is 326 g/mol. The minimum atomic E-state index is -0.991. The summed E-state index contributed by atoms with van der Waals surface area (Å²) >= 11 is 0. The van der Waals surface area contributed by atoms with Crippen LogP contribution in [-0.2, 0) is 33.3 Å². The van der Waals surface area contributed by atoms with Gasteiger partial charge in [-0.2, -0.15) is 0 Å². The molecule has 1 rings (SSSR count). The van der Waals surface area contributed by atoms with Gasteiger partial charge in [0.15, 0.2) is 11.9 Å². The maximum Gasteiger partial charge on any atom is 0.331 e. The molecule has 0 radical (unpaired) electrons. The maximum absolute atomic E-state index is 11.7. The Morgan fingerprint density at radius 1 is 1.04 bits per heavy atom. The highest BCUT2D eigenvalue weighted by Crippen LogP contribution is 2.11. The lowest BCUT2D eigenvalue weighted by Crippen LogP contribution is -2.23. The minimum Gasteiger partial charge on any atom is -0.460 e. The van der Waals surface area contributed by atoms with Gasteiger partial charge < -0.3 is 18.9 Å². The van der Waals surface area contributed by atoms with Gasteiger partial charge >= 0.3 is 11.9 Å². The van der Waals surface area contributed by atoms with Crippen molar-refractivity contribution in [3.05, 3.63) is 24.3 Å². The van der Waals surface area contributed by atoms with E-state index in [1.54, 1.807) is 6.92 Å². The largest absolute Gasteiger partial charge is 0.460 e. The van der Waals surface area contributed by atoms with E-state index in [-0.39, 0.29) is 12.9 Å². The fourth-order valence-electron chi connectivity index (χ4n) is 1.83. The summed E-state index contributed by atoms with van der Waals surface area (Å²) in [6.07, 6.45) is 4.15. The summed E-state index contributed by atoms with van der Waals surface area (Å²) in [4.78, 5) is 35.0. The number of hydrogen-bond donors (Lipinski definition) is 0. The average Bonchev–Trinajstić information content (AvgIpc) is 2.50. The van der Waals surface area contributed by atoms with Gasteiger partial charge in [-0.1, -0.05) is 0 Å². The molecule has 7 nitrogen and oxygen atoms in total. The molecule has 128 valence electrons. The van der Waals surface area contributed by atoms with Crippen LogP contribution >= 0.6 is 0 Å². The number of carbonyl (C=O) groups is 3. The van der Waals surface area contributed by atoms with Crippen LogP contribution < -0.4 is 0 Å². The topological polar surface area (TPSA) is 88.1 Å². The van der Waals surface area contributed by atoms with Crippen molar-refractivity contribution in [3.63, 3.8) is 0 Å². The van der Waals surface area contributed by atoms with Crippen molar-refractivity contribution in [1.29, 1.82) is 0 Å². The highest BCUT2D eigenvalue weighted by atomic mass is 16.7. The van der Waals surface area contributed by atoms with Gasteiger partial charge in [-0.3, -0.25) is 4.79 Å². The number of methoxy groups -OCH3 is 1. The van der Waals surface area contributed by atoms with Crippen LogP contribution in [0.1, 0.15) is 26.7 Å². The molecule has 3 atom stereocenters. The summed E-state index contributed by atoms with van der Waals surface area (Å²) < 4.78 is 20.4. The van der Waals surface area contributed by atoms with Gasteiger partial charge in [0.1, 0.15) is 6.79 Å². The quantitative estimate of drug-likeness (QED) is 0.571. The Kier molecular flexibility index (Phi) is 8.21. The molecule has 0 spiro atoms. The highest BCUT2D eigenvalue weighted by Gasteiger charge is 2.17. The minimum absolute atomic E-state index is 0.0653. The fraction of sp³-hybridized carbons (Fsp3) is 0.562. The zero-order chi connectivity index (χ0) is 17.2. The first-order chi connectivity index (χ1) is 10.9. The van der Waals surface area contributed by atoms with E-state index in [2.05, 4.69) is 0 Å². The molecule has 7 heteroatoms. The first-order valence-corrected chi connectivity index (χ1v) is 7.34. The second-order valence-electron chi connectivity index (χ2n) is 5.11. The summed E-state index contributed by atoms with van der Waals surface area (Å²) in [5.41, 5.74) is 0. The first-order valence-electron chi connectivity index (χ1n) is 7.34. The third kappa shape index (κ3) is 7.71. The van der Waals surface area contributed by atoms with E-state index >= 15 is 0 Å². The van der Waals surface area contributed by atoms with E-state index in [4.69, 9.17) is 18.9 Å². The van der Waals surface area contributed by atoms with Crippen molar-refractivity contribution in [3.8, 4) is 0 Å². The van der Waals surface area contributed by atoms with Crippen LogP contribution in [0.3, 0.4) is 0 Å². The number of carbonyl (C=O) groups excluding carboxylic acids is 3. The van der Waals surface area contributed by atoms with Crippen LogP contribution in [0.4, 0.5) is 0 Å². The van der Waals surface area contributed by atoms with Crippen molar-refractivity contribution in [1.82, 2.24) is 0 Å². The molecule has 0 aromatic heterocycles. The molecule has 0 fully saturated rings. The van der Waals surface area contributed by atoms with Crippen molar-refractivity contribution < 1.29 is 33.3 Å². The molecule has 0 saturated carbocycles. The van der Waals surface area contributed by atoms with E-state index in [0.29, 0.717) is 12.8 Å². The smallest absolute Gasteiger partial charge is 0.331 e. The van der Waals surface area contributed by atoms with Gasteiger partial charge in [0.25, 0.3) is 0 Å². The molecule has 1 aliphatic heterocycles. The summed E-state index contributed by atoms with van der Waals surface area (Å²) in [5.74, 6) is -1.77. The van der Waals surface area contributed by atoms with Crippen LogP contribution in [0.5, 0.6) is 0 Å². The van der Waals surface area contributed by atoms with Crippen molar-refractivity contribution in [2.45, 2.75) is 45.0 Å². The molecule has 0 saturated heterocycles. The third-order valence-corrected chi connectivity index (χ3v) is 3.10. The lowest BCUT2D eigenvalue weighted by Gasteiger charge is -2.17. The van der Waals surface area contributed by atoms with Gasteiger partial charge in [-0.25, -0.2) is 9.59 Å². The standard InChI is InChI=1S/C16H22O7/c1-11-4-5-13(21-10-20-3)6-8-16(19)23-12(2)14(17)7-9-15(18)22-11/h6-9,11-13H,4-5,10H2,1-3H3/b8-6+,9-7+/t11-,12-,13-/m1/s1. The number of ketones is 1. The number of rotatable bonds is 3. The Labute approximate surface area is 135 Å². The zero-order valence-electron chi connectivity index (χ0n) is 13.5. The van der Waals surface area contributed by atoms with Gasteiger partial charge in [-0.15, -0.1) is 0 Å². The zero-order valence-corrected chi connectivity index (χ0v) is 13.5. The van der Waals surface area contributed by atoms with Crippen LogP contribution in [0.2, 0.25) is 0 Å². The van der Waals surface area contributed by atoms with Crippen molar-refractivity contribution in [2.24, 2.45) is 0 Å². The van der Waals surface area contributed by atoms with Gasteiger partial charge in [-0.05, 0) is 38.8 Å². The average molecular weight is 326 g/mol. The Morgan fingerprint density at radius 2 is 1.74 bits per heavy atom. The van der Waals surface area contributed by atoms with E-state index in [9.17, 15) is 14.4 Å². The van der Waals surface area contributed by atoms with E-state index in [1.807, 2.05) is 0 Å². The normalized spacial score (nSPS) is 30.0. The molecule has 0 N–H and O–H groups in total. The molecule has 23 heavy (non-hydrogen) atoms. The number of ether oxygens (including phenoxy) is 4. The Balaban J connectivity index is 2.85. The SMILES string of the molecule is COCO[C@H]1/C=C/C(=O)O[C@H](C)C(=O)/C=C/C(=O)O[C@H](C)CC1. The fourth-order valence-corrected chi connectivity index (χ4v) is 1.83. The second kappa shape index (κ2) is 9.91. The van der Waals surface area contributed by atoms with E-state index in [1.165, 1.54) is 26.2 Å². The van der Waals surface area contributed by atoms with Crippen LogP contribution in [0, 0.1) is 0 Å². The summed E-state index contributed by atoms with van der Waals surface area (Å²) in [6, 6.07) is 0. The number of cyclic esters (lactones) is 2. The molecular formula is C16H22O7. The van der Waals surface area contributed by atoms with E-state index in [0.717, 1.165) is 12.2 Å². The molecule has 0 aromatic rings. The summed E-state index contributed by atoms with van der Waals surface area (Å²) in [7, 11) is 1.49. The van der Waals surface area contributed by atoms with E-state index < -0.39 is 29.9 Å². The second-order valence-corrected chi connectivity index (χ2v) is 5.11. The highest BCUT2D eigenvalue weighted by molar-refractivity contribution is 5.99. The molecule has 0 unspecified atom stereocenters. The Hall–Kier alpha value is -1.99. The lowest BCUT2D eigenvalue weighted by atomic mass is 10.1. The van der Waals surface area contributed by atoms with Gasteiger partial charge in [0, 0.05) is 19.3 Å². The van der Waals surface area contributed by atoms with Gasteiger partial charge in [0.05, 0.1) is 12.2 Å². The van der Waals surface area contributed by atoms with Crippen LogP contribution in [0.25, 0.3) is 0 Å². The Bertz CT molecular complexity index is 481. The molecule has 0 aromatic carbocycles. The first kappa shape index (κ1) is 19.1. The molecule has 1 aliphatic rings. The molecule has 0 amide bonds.